The van der Waals surface area contributed by atoms with Crippen molar-refractivity contribution in [3.05, 3.63) is 70.1 Å². The minimum atomic E-state index is -2.81. The molecule has 1 fully saturated rings. The molecule has 1 aliphatic rings. The summed E-state index contributed by atoms with van der Waals surface area (Å²) in [5.74, 6) is 0.377. The summed E-state index contributed by atoms with van der Waals surface area (Å²) in [5.41, 5.74) is 2.18. The summed E-state index contributed by atoms with van der Waals surface area (Å²) in [4.78, 5) is 20.9. The molecule has 27 heavy (non-hydrogen) atoms. The molecular formula is C19H17N5O2S. The zero-order valence-electron chi connectivity index (χ0n) is 14.6. The van der Waals surface area contributed by atoms with Crippen LogP contribution in [0.25, 0.3) is 21.8 Å². The molecule has 1 saturated carbocycles. The lowest BCUT2D eigenvalue weighted by atomic mass is 10.1. The Morgan fingerprint density at radius 3 is 2.52 bits per heavy atom. The number of hydrogen-bond donors (Lipinski definition) is 2. The maximum Gasteiger partial charge on any atom is 0.280 e. The minimum absolute atomic E-state index is 0.0781. The predicted octanol–water partition coefficient (Wildman–Crippen LogP) is 3.65. The molecule has 1 unspecified atom stereocenters. The molecule has 8 heteroatoms. The van der Waals surface area contributed by atoms with E-state index in [4.69, 9.17) is 11.4 Å². The normalized spacial score (nSPS) is 15.9. The van der Waals surface area contributed by atoms with Gasteiger partial charge in [-0.05, 0) is 37.5 Å². The van der Waals surface area contributed by atoms with E-state index in [1.54, 1.807) is 43.3 Å². The third-order valence-electron chi connectivity index (χ3n) is 4.65. The molecule has 0 aliphatic heterocycles. The smallest absolute Gasteiger partial charge is 0.280 e. The highest BCUT2D eigenvalue weighted by molar-refractivity contribution is 7.93. The lowest BCUT2D eigenvalue weighted by Gasteiger charge is -2.06. The van der Waals surface area contributed by atoms with Crippen LogP contribution in [0.1, 0.15) is 18.5 Å². The number of hydrogen-bond acceptors (Lipinski definition) is 4. The number of H-pyrrole nitrogens is 1. The fourth-order valence-electron chi connectivity index (χ4n) is 3.03. The molecule has 136 valence electrons. The summed E-state index contributed by atoms with van der Waals surface area (Å²) < 4.78 is 21.9. The molecule has 1 atom stereocenters. The van der Waals surface area contributed by atoms with Gasteiger partial charge in [-0.15, -0.1) is 0 Å². The topological polar surface area (TPSA) is 96.0 Å². The van der Waals surface area contributed by atoms with Gasteiger partial charge in [-0.3, -0.25) is 9.89 Å². The highest BCUT2D eigenvalue weighted by Gasteiger charge is 2.34. The number of pyridine rings is 1. The van der Waals surface area contributed by atoms with Gasteiger partial charge in [0.2, 0.25) is 0 Å². The van der Waals surface area contributed by atoms with Crippen molar-refractivity contribution in [2.45, 2.75) is 29.9 Å². The summed E-state index contributed by atoms with van der Waals surface area (Å²) >= 11 is 0. The van der Waals surface area contributed by atoms with Crippen LogP contribution >= 0.6 is 0 Å². The monoisotopic (exact) mass is 379 g/mol. The van der Waals surface area contributed by atoms with Gasteiger partial charge in [-0.25, -0.2) is 23.5 Å². The maximum absolute atomic E-state index is 12.9. The first-order valence-corrected chi connectivity index (χ1v) is 10.1. The Kier molecular flexibility index (Phi) is 3.97. The van der Waals surface area contributed by atoms with Gasteiger partial charge < -0.3 is 0 Å². The van der Waals surface area contributed by atoms with Crippen LogP contribution in [0.5, 0.6) is 0 Å². The summed E-state index contributed by atoms with van der Waals surface area (Å²) in [6, 6.07) is 10.1. The second-order valence-electron chi connectivity index (χ2n) is 6.56. The van der Waals surface area contributed by atoms with Gasteiger partial charge in [-0.1, -0.05) is 24.3 Å². The molecule has 3 aromatic rings. The van der Waals surface area contributed by atoms with Crippen LogP contribution in [0.3, 0.4) is 0 Å². The summed E-state index contributed by atoms with van der Waals surface area (Å²) in [6.45, 7) is 8.82. The van der Waals surface area contributed by atoms with Gasteiger partial charge >= 0.3 is 0 Å². The van der Waals surface area contributed by atoms with E-state index in [1.165, 1.54) is 10.9 Å². The largest absolute Gasteiger partial charge is 0.293 e. The number of nitrogens with one attached hydrogen (secondary N) is 2. The van der Waals surface area contributed by atoms with E-state index in [9.17, 15) is 9.00 Å². The van der Waals surface area contributed by atoms with Crippen molar-refractivity contribution in [1.29, 1.82) is 4.78 Å². The highest BCUT2D eigenvalue weighted by Crippen LogP contribution is 2.33. The van der Waals surface area contributed by atoms with E-state index < -0.39 is 9.73 Å². The Labute approximate surface area is 156 Å². The lowest BCUT2D eigenvalue weighted by molar-refractivity contribution is 0.673. The zero-order valence-corrected chi connectivity index (χ0v) is 15.4. The molecule has 4 rings (SSSR count). The number of aryl methyl sites for hydroxylation is 1. The Balaban J connectivity index is 1.73. The lowest BCUT2D eigenvalue weighted by Crippen LogP contribution is -2.17. The van der Waals surface area contributed by atoms with Gasteiger partial charge in [0.1, 0.15) is 0 Å². The van der Waals surface area contributed by atoms with Crippen molar-refractivity contribution in [2.75, 3.05) is 0 Å². The van der Waals surface area contributed by atoms with Gasteiger partial charge in [-0.2, -0.15) is 0 Å². The average molecular weight is 379 g/mol. The molecule has 0 amide bonds. The molecule has 2 N–H and O–H groups in total. The van der Waals surface area contributed by atoms with E-state index >= 15 is 0 Å². The van der Waals surface area contributed by atoms with E-state index in [2.05, 4.69) is 14.9 Å². The number of benzene rings is 1. The maximum atomic E-state index is 12.9. The van der Waals surface area contributed by atoms with E-state index in [1.807, 2.05) is 0 Å². The number of rotatable bonds is 4. The van der Waals surface area contributed by atoms with Crippen LogP contribution in [0.15, 0.2) is 52.3 Å². The predicted molar refractivity (Wildman–Crippen MR) is 103 cm³/mol. The SMILES string of the molecule is [C-]#[N+]c1ccc(-c2c(C)[nH]n(-c3ccc(S(=N)(=O)C4CC4)cn3)c2=O)cc1. The summed E-state index contributed by atoms with van der Waals surface area (Å²) in [5, 5.41) is 2.93. The first kappa shape index (κ1) is 17.2. The summed E-state index contributed by atoms with van der Waals surface area (Å²) in [7, 11) is -2.81. The van der Waals surface area contributed by atoms with Crippen LogP contribution in [-0.2, 0) is 9.73 Å². The zero-order chi connectivity index (χ0) is 19.2. The Morgan fingerprint density at radius 1 is 1.26 bits per heavy atom. The highest BCUT2D eigenvalue weighted by atomic mass is 32.2. The van der Waals surface area contributed by atoms with Crippen molar-refractivity contribution < 1.29 is 4.21 Å². The molecule has 1 aromatic carbocycles. The molecule has 2 heterocycles. The van der Waals surface area contributed by atoms with E-state index in [-0.39, 0.29) is 10.8 Å². The Hall–Kier alpha value is -3.18. The second-order valence-corrected chi connectivity index (χ2v) is 8.90. The molecule has 1 aliphatic carbocycles. The molecule has 0 spiro atoms. The number of aromatic amines is 1. The third kappa shape index (κ3) is 2.96. The van der Waals surface area contributed by atoms with Crippen LogP contribution in [0.4, 0.5) is 5.69 Å². The van der Waals surface area contributed by atoms with Crippen molar-refractivity contribution >= 4 is 15.4 Å². The van der Waals surface area contributed by atoms with Crippen molar-refractivity contribution in [2.24, 2.45) is 0 Å². The second kappa shape index (κ2) is 6.21. The molecular weight excluding hydrogens is 362 g/mol. The fourth-order valence-corrected chi connectivity index (χ4v) is 4.69. The first-order valence-electron chi connectivity index (χ1n) is 8.45. The van der Waals surface area contributed by atoms with Gasteiger partial charge in [0, 0.05) is 17.1 Å². The molecule has 0 bridgehead atoms. The Morgan fingerprint density at radius 2 is 1.96 bits per heavy atom. The van der Waals surface area contributed by atoms with Crippen LogP contribution in [0.2, 0.25) is 0 Å². The van der Waals surface area contributed by atoms with Crippen LogP contribution in [-0.4, -0.2) is 24.2 Å². The fraction of sp³-hybridized carbons (Fsp3) is 0.211. The third-order valence-corrected chi connectivity index (χ3v) is 7.00. The van der Waals surface area contributed by atoms with E-state index in [0.717, 1.165) is 18.4 Å². The van der Waals surface area contributed by atoms with Gasteiger partial charge in [0.05, 0.1) is 26.8 Å². The standard InChI is InChI=1S/C19H17N5O2S/c1-12-18(13-3-5-14(21-2)6-4-13)19(25)24(23-12)17-10-9-16(11-22-17)27(20,26)15-7-8-15/h3-6,9-11,15,20,23H,7-8H2,1H3. The van der Waals surface area contributed by atoms with Crippen molar-refractivity contribution in [1.82, 2.24) is 14.8 Å². The molecule has 7 nitrogen and oxygen atoms in total. The van der Waals surface area contributed by atoms with Gasteiger partial charge in [0.25, 0.3) is 5.56 Å². The first-order chi connectivity index (χ1) is 12.9. The van der Waals surface area contributed by atoms with Crippen LogP contribution in [0, 0.1) is 18.3 Å². The Bertz CT molecular complexity index is 1210. The molecule has 0 radical (unpaired) electrons. The number of nitrogens with zero attached hydrogens (tertiary/aromatic N) is 3. The van der Waals surface area contributed by atoms with E-state index in [0.29, 0.717) is 27.7 Å². The minimum Gasteiger partial charge on any atom is -0.293 e. The number of aromatic nitrogens is 3. The summed E-state index contributed by atoms with van der Waals surface area (Å²) in [6.07, 6.45) is 3.06. The van der Waals surface area contributed by atoms with Crippen LogP contribution < -0.4 is 5.56 Å². The van der Waals surface area contributed by atoms with Crippen molar-refractivity contribution in [3.8, 4) is 16.9 Å². The average Bonchev–Trinajstić information content (AvgIpc) is 3.49. The quantitative estimate of drug-likeness (QED) is 0.677. The molecule has 2 aromatic heterocycles. The van der Waals surface area contributed by atoms with Crippen molar-refractivity contribution in [3.63, 3.8) is 0 Å². The van der Waals surface area contributed by atoms with Gasteiger partial charge in [0.15, 0.2) is 11.5 Å². The molecule has 0 saturated heterocycles.